The van der Waals surface area contributed by atoms with Crippen molar-refractivity contribution in [2.45, 2.75) is 13.8 Å². The number of carbonyl (C=O) groups excluding carboxylic acids is 1. The highest BCUT2D eigenvalue weighted by atomic mass is 35.5. The van der Waals surface area contributed by atoms with Crippen LogP contribution in [0.15, 0.2) is 53.9 Å². The summed E-state index contributed by atoms with van der Waals surface area (Å²) in [6, 6.07) is 15.3. The lowest BCUT2D eigenvalue weighted by Crippen LogP contribution is -2.32. The third kappa shape index (κ3) is 4.64. The monoisotopic (exact) mass is 415 g/mol. The van der Waals surface area contributed by atoms with Gasteiger partial charge >= 0.3 is 0 Å². The van der Waals surface area contributed by atoms with Gasteiger partial charge in [0.25, 0.3) is 0 Å². The lowest BCUT2D eigenvalue weighted by Gasteiger charge is -2.20. The molecule has 0 spiro atoms. The van der Waals surface area contributed by atoms with Crippen molar-refractivity contribution in [3.8, 4) is 17.0 Å². The van der Waals surface area contributed by atoms with Gasteiger partial charge in [0.1, 0.15) is 5.75 Å². The molecule has 0 aliphatic heterocycles. The zero-order chi connectivity index (χ0) is 20.1. The summed E-state index contributed by atoms with van der Waals surface area (Å²) >= 11 is 7.37. The number of alkyl halides is 1. The minimum atomic E-state index is -0.617. The van der Waals surface area contributed by atoms with Crippen molar-refractivity contribution >= 4 is 45.4 Å². The highest BCUT2D eigenvalue weighted by molar-refractivity contribution is 7.14. The SMILES string of the molecule is COc1ccccc1Nc1nc(-c2ccc(NC(=O)C(C)(C)CCl)cc2)cs1. The molecule has 0 radical (unpaired) electrons. The van der Waals surface area contributed by atoms with Gasteiger partial charge in [-0.3, -0.25) is 4.79 Å². The van der Waals surface area contributed by atoms with Crippen LogP contribution < -0.4 is 15.4 Å². The number of amides is 1. The molecule has 0 saturated heterocycles. The van der Waals surface area contributed by atoms with Gasteiger partial charge in [0.15, 0.2) is 5.13 Å². The lowest BCUT2D eigenvalue weighted by molar-refractivity contribution is -0.122. The molecule has 146 valence electrons. The molecule has 1 heterocycles. The van der Waals surface area contributed by atoms with E-state index in [1.54, 1.807) is 7.11 Å². The lowest BCUT2D eigenvalue weighted by atomic mass is 9.95. The van der Waals surface area contributed by atoms with Crippen molar-refractivity contribution in [1.82, 2.24) is 4.98 Å². The van der Waals surface area contributed by atoms with Crippen LogP contribution in [0, 0.1) is 5.41 Å². The van der Waals surface area contributed by atoms with Gasteiger partial charge < -0.3 is 15.4 Å². The first-order valence-corrected chi connectivity index (χ1v) is 10.2. The normalized spacial score (nSPS) is 11.1. The number of nitrogens with one attached hydrogen (secondary N) is 2. The molecule has 28 heavy (non-hydrogen) atoms. The number of methoxy groups -OCH3 is 1. The van der Waals surface area contributed by atoms with Gasteiger partial charge in [0.2, 0.25) is 5.91 Å². The third-order valence-corrected chi connectivity index (χ3v) is 5.67. The van der Waals surface area contributed by atoms with Crippen molar-refractivity contribution in [2.24, 2.45) is 5.41 Å². The van der Waals surface area contributed by atoms with Crippen LogP contribution in [-0.4, -0.2) is 23.9 Å². The smallest absolute Gasteiger partial charge is 0.231 e. The highest BCUT2D eigenvalue weighted by Gasteiger charge is 2.26. The van der Waals surface area contributed by atoms with Crippen LogP contribution in [0.25, 0.3) is 11.3 Å². The molecule has 0 saturated carbocycles. The zero-order valence-electron chi connectivity index (χ0n) is 16.0. The number of thiazole rings is 1. The van der Waals surface area contributed by atoms with Crippen LogP contribution in [0.3, 0.4) is 0 Å². The topological polar surface area (TPSA) is 63.2 Å². The molecule has 0 atom stereocenters. The number of halogens is 1. The molecule has 0 aliphatic rings. The van der Waals surface area contributed by atoms with Crippen molar-refractivity contribution < 1.29 is 9.53 Å². The van der Waals surface area contributed by atoms with Gasteiger partial charge in [0, 0.05) is 22.5 Å². The Hall–Kier alpha value is -2.57. The van der Waals surface area contributed by atoms with E-state index in [9.17, 15) is 4.79 Å². The number of rotatable bonds is 7. The molecule has 2 N–H and O–H groups in total. The molecule has 0 aliphatic carbocycles. The molecular weight excluding hydrogens is 394 g/mol. The van der Waals surface area contributed by atoms with E-state index in [1.807, 2.05) is 67.8 Å². The van der Waals surface area contributed by atoms with Gasteiger partial charge in [-0.05, 0) is 38.1 Å². The summed E-state index contributed by atoms with van der Waals surface area (Å²) in [6.45, 7) is 3.63. The Morgan fingerprint density at radius 2 is 1.89 bits per heavy atom. The number of carbonyl (C=O) groups is 1. The summed E-state index contributed by atoms with van der Waals surface area (Å²) in [5.41, 5.74) is 2.81. The van der Waals surface area contributed by atoms with Gasteiger partial charge in [-0.25, -0.2) is 4.98 Å². The molecule has 0 unspecified atom stereocenters. The number of ether oxygens (including phenoxy) is 1. The Labute approximate surface area is 173 Å². The van der Waals surface area contributed by atoms with Gasteiger partial charge in [-0.2, -0.15) is 0 Å². The van der Waals surface area contributed by atoms with Crippen LogP contribution >= 0.6 is 22.9 Å². The number of anilines is 3. The standard InChI is InChI=1S/C21H22ClN3O2S/c1-21(2,13-22)19(26)23-15-10-8-14(9-11-15)17-12-28-20(25-17)24-16-6-4-5-7-18(16)27-3/h4-12H,13H2,1-3H3,(H,23,26)(H,24,25). The number of hydrogen-bond acceptors (Lipinski definition) is 5. The van der Waals surface area contributed by atoms with E-state index < -0.39 is 5.41 Å². The van der Waals surface area contributed by atoms with Crippen LogP contribution in [-0.2, 0) is 4.79 Å². The number of nitrogens with zero attached hydrogens (tertiary/aromatic N) is 1. The maximum Gasteiger partial charge on any atom is 0.231 e. The molecule has 5 nitrogen and oxygen atoms in total. The Balaban J connectivity index is 1.71. The van der Waals surface area contributed by atoms with E-state index in [2.05, 4.69) is 15.6 Å². The predicted octanol–water partition coefficient (Wildman–Crippen LogP) is 5.77. The van der Waals surface area contributed by atoms with Gasteiger partial charge in [-0.15, -0.1) is 22.9 Å². The first kappa shape index (κ1) is 20.2. The minimum Gasteiger partial charge on any atom is -0.495 e. The number of para-hydroxylation sites is 2. The third-order valence-electron chi connectivity index (χ3n) is 4.24. The fourth-order valence-electron chi connectivity index (χ4n) is 2.41. The number of aromatic nitrogens is 1. The van der Waals surface area contributed by atoms with E-state index in [4.69, 9.17) is 16.3 Å². The average molecular weight is 416 g/mol. The molecule has 0 bridgehead atoms. The largest absolute Gasteiger partial charge is 0.495 e. The van der Waals surface area contributed by atoms with E-state index in [0.717, 1.165) is 33.5 Å². The predicted molar refractivity (Wildman–Crippen MR) is 117 cm³/mol. The highest BCUT2D eigenvalue weighted by Crippen LogP contribution is 2.31. The van der Waals surface area contributed by atoms with Crippen molar-refractivity contribution in [3.05, 3.63) is 53.9 Å². The minimum absolute atomic E-state index is 0.104. The van der Waals surface area contributed by atoms with E-state index >= 15 is 0 Å². The fraction of sp³-hybridized carbons (Fsp3) is 0.238. The molecular formula is C21H22ClN3O2S. The second-order valence-corrected chi connectivity index (χ2v) is 8.04. The average Bonchev–Trinajstić information content (AvgIpc) is 3.17. The molecule has 3 rings (SSSR count). The van der Waals surface area contributed by atoms with Crippen molar-refractivity contribution in [1.29, 1.82) is 0 Å². The first-order valence-electron chi connectivity index (χ1n) is 8.76. The first-order chi connectivity index (χ1) is 13.4. The summed E-state index contributed by atoms with van der Waals surface area (Å²) in [5, 5.41) is 8.95. The zero-order valence-corrected chi connectivity index (χ0v) is 17.5. The molecule has 1 amide bonds. The van der Waals surface area contributed by atoms with Crippen LogP contribution in [0.4, 0.5) is 16.5 Å². The van der Waals surface area contributed by atoms with Gasteiger partial charge in [-0.1, -0.05) is 24.3 Å². The van der Waals surface area contributed by atoms with Crippen molar-refractivity contribution in [3.63, 3.8) is 0 Å². The Morgan fingerprint density at radius 1 is 1.18 bits per heavy atom. The van der Waals surface area contributed by atoms with Crippen LogP contribution in [0.5, 0.6) is 5.75 Å². The quantitative estimate of drug-likeness (QED) is 0.481. The van der Waals surface area contributed by atoms with E-state index in [0.29, 0.717) is 0 Å². The van der Waals surface area contributed by atoms with Crippen LogP contribution in [0.1, 0.15) is 13.8 Å². The van der Waals surface area contributed by atoms with Crippen LogP contribution in [0.2, 0.25) is 0 Å². The Bertz CT molecular complexity index is 954. The van der Waals surface area contributed by atoms with Crippen molar-refractivity contribution in [2.75, 3.05) is 23.6 Å². The molecule has 1 aromatic heterocycles. The summed E-state index contributed by atoms with van der Waals surface area (Å²) in [5.74, 6) is 0.920. The van der Waals surface area contributed by atoms with E-state index in [-0.39, 0.29) is 11.8 Å². The van der Waals surface area contributed by atoms with E-state index in [1.165, 1.54) is 11.3 Å². The van der Waals surface area contributed by atoms with Gasteiger partial charge in [0.05, 0.1) is 23.9 Å². The second kappa shape index (κ2) is 8.63. The summed E-state index contributed by atoms with van der Waals surface area (Å²) in [4.78, 5) is 16.9. The summed E-state index contributed by atoms with van der Waals surface area (Å²) in [6.07, 6.45) is 0. The number of hydrogen-bond donors (Lipinski definition) is 2. The maximum absolute atomic E-state index is 12.2. The molecule has 3 aromatic rings. The maximum atomic E-state index is 12.2. The summed E-state index contributed by atoms with van der Waals surface area (Å²) in [7, 11) is 1.64. The Morgan fingerprint density at radius 3 is 2.57 bits per heavy atom. The molecule has 7 heteroatoms. The summed E-state index contributed by atoms with van der Waals surface area (Å²) < 4.78 is 5.36. The Kier molecular flexibility index (Phi) is 6.21. The molecule has 2 aromatic carbocycles. The molecule has 0 fully saturated rings. The second-order valence-electron chi connectivity index (χ2n) is 6.91. The fourth-order valence-corrected chi connectivity index (χ4v) is 3.27. The number of benzene rings is 2.